The van der Waals surface area contributed by atoms with Crippen molar-refractivity contribution in [2.45, 2.75) is 6.17 Å². The normalized spacial score (nSPS) is 15.6. The fourth-order valence-electron chi connectivity index (χ4n) is 3.06. The van der Waals surface area contributed by atoms with Crippen LogP contribution in [0.2, 0.25) is 0 Å². The fourth-order valence-corrected chi connectivity index (χ4v) is 3.06. The zero-order chi connectivity index (χ0) is 18.8. The number of non-ortho nitro benzene ring substituents is 1. The number of fused-ring (bicyclic) bond motifs is 1. The maximum atomic E-state index is 13.1. The third-order valence-corrected chi connectivity index (χ3v) is 4.35. The molecule has 134 valence electrons. The van der Waals surface area contributed by atoms with E-state index in [1.807, 2.05) is 42.5 Å². The number of para-hydroxylation sites is 2. The molecule has 4 rings (SSSR count). The number of carbonyl (C=O) groups excluding carboxylic acids is 1. The Bertz CT molecular complexity index is 1010. The molecule has 7 nitrogen and oxygen atoms in total. The summed E-state index contributed by atoms with van der Waals surface area (Å²) in [6.07, 6.45) is -0.604. The standard InChI is InChI=1S/C20H16N4O3/c25-20-17-11-4-5-12-18(17)21-19(14-7-6-10-16(13-14)24(26)27)23(20)22-15-8-2-1-3-9-15/h1-13,19,21-22H. The number of nitrogens with one attached hydrogen (secondary N) is 2. The van der Waals surface area contributed by atoms with E-state index in [4.69, 9.17) is 0 Å². The van der Waals surface area contributed by atoms with Gasteiger partial charge in [-0.2, -0.15) is 0 Å². The predicted molar refractivity (Wildman–Crippen MR) is 102 cm³/mol. The average Bonchev–Trinajstić information content (AvgIpc) is 2.71. The molecule has 0 saturated heterocycles. The second kappa shape index (κ2) is 6.80. The smallest absolute Gasteiger partial charge is 0.276 e. The van der Waals surface area contributed by atoms with Crippen molar-refractivity contribution in [2.75, 3.05) is 10.7 Å². The van der Waals surface area contributed by atoms with E-state index >= 15 is 0 Å². The highest BCUT2D eigenvalue weighted by Gasteiger charge is 2.33. The van der Waals surface area contributed by atoms with Crippen LogP contribution in [-0.4, -0.2) is 15.8 Å². The number of carbonyl (C=O) groups is 1. The molecule has 0 bridgehead atoms. The van der Waals surface area contributed by atoms with Crippen molar-refractivity contribution in [3.63, 3.8) is 0 Å². The van der Waals surface area contributed by atoms with Gasteiger partial charge in [-0.25, -0.2) is 5.01 Å². The van der Waals surface area contributed by atoms with Crippen LogP contribution in [0, 0.1) is 10.1 Å². The third-order valence-electron chi connectivity index (χ3n) is 4.35. The monoisotopic (exact) mass is 360 g/mol. The molecule has 1 atom stereocenters. The van der Waals surface area contributed by atoms with Gasteiger partial charge in [-0.3, -0.25) is 20.3 Å². The number of amides is 1. The van der Waals surface area contributed by atoms with Crippen LogP contribution in [-0.2, 0) is 0 Å². The molecule has 3 aromatic rings. The summed E-state index contributed by atoms with van der Waals surface area (Å²) in [6, 6.07) is 22.8. The van der Waals surface area contributed by atoms with Gasteiger partial charge in [0.25, 0.3) is 11.6 Å². The van der Waals surface area contributed by atoms with Crippen LogP contribution in [0.15, 0.2) is 78.9 Å². The largest absolute Gasteiger partial charge is 0.359 e. The SMILES string of the molecule is O=C1c2ccccc2NC(c2cccc([N+](=O)[O-])c2)N1Nc1ccccc1. The molecule has 1 aliphatic heterocycles. The Balaban J connectivity index is 1.78. The number of hydrogen-bond acceptors (Lipinski definition) is 5. The van der Waals surface area contributed by atoms with E-state index < -0.39 is 11.1 Å². The van der Waals surface area contributed by atoms with Crippen molar-refractivity contribution in [1.29, 1.82) is 0 Å². The van der Waals surface area contributed by atoms with Gasteiger partial charge in [0.05, 0.1) is 16.2 Å². The van der Waals surface area contributed by atoms with Crippen LogP contribution in [0.1, 0.15) is 22.1 Å². The van der Waals surface area contributed by atoms with Crippen LogP contribution in [0.25, 0.3) is 0 Å². The van der Waals surface area contributed by atoms with Gasteiger partial charge in [0.1, 0.15) is 6.17 Å². The zero-order valence-corrected chi connectivity index (χ0v) is 14.2. The summed E-state index contributed by atoms with van der Waals surface area (Å²) < 4.78 is 0. The minimum Gasteiger partial charge on any atom is -0.359 e. The van der Waals surface area contributed by atoms with Gasteiger partial charge in [-0.05, 0) is 24.3 Å². The van der Waals surface area contributed by atoms with Crippen LogP contribution < -0.4 is 10.7 Å². The van der Waals surface area contributed by atoms with Gasteiger partial charge in [0, 0.05) is 23.4 Å². The maximum Gasteiger partial charge on any atom is 0.276 e. The van der Waals surface area contributed by atoms with Gasteiger partial charge in [0.15, 0.2) is 0 Å². The van der Waals surface area contributed by atoms with Crippen molar-refractivity contribution in [1.82, 2.24) is 5.01 Å². The van der Waals surface area contributed by atoms with Crippen molar-refractivity contribution >= 4 is 23.0 Å². The molecule has 2 N–H and O–H groups in total. The van der Waals surface area contributed by atoms with E-state index in [-0.39, 0.29) is 11.6 Å². The van der Waals surface area contributed by atoms with Gasteiger partial charge in [0.2, 0.25) is 0 Å². The lowest BCUT2D eigenvalue weighted by Crippen LogP contribution is -2.46. The Morgan fingerprint density at radius 1 is 0.963 bits per heavy atom. The van der Waals surface area contributed by atoms with E-state index in [1.54, 1.807) is 24.3 Å². The third kappa shape index (κ3) is 3.18. The Morgan fingerprint density at radius 2 is 1.70 bits per heavy atom. The molecule has 1 amide bonds. The molecule has 0 spiro atoms. The van der Waals surface area contributed by atoms with Crippen LogP contribution in [0.3, 0.4) is 0 Å². The summed E-state index contributed by atoms with van der Waals surface area (Å²) in [7, 11) is 0. The number of nitro groups is 1. The Kier molecular flexibility index (Phi) is 4.18. The Hall–Kier alpha value is -3.87. The van der Waals surface area contributed by atoms with Crippen molar-refractivity contribution in [3.8, 4) is 0 Å². The summed E-state index contributed by atoms with van der Waals surface area (Å²) in [4.78, 5) is 23.8. The molecule has 0 radical (unpaired) electrons. The van der Waals surface area contributed by atoms with E-state index in [0.717, 1.165) is 5.69 Å². The first-order valence-corrected chi connectivity index (χ1v) is 8.39. The molecular formula is C20H16N4O3. The summed E-state index contributed by atoms with van der Waals surface area (Å²) >= 11 is 0. The molecule has 0 saturated carbocycles. The molecule has 1 heterocycles. The van der Waals surface area contributed by atoms with Crippen molar-refractivity contribution < 1.29 is 9.72 Å². The van der Waals surface area contributed by atoms with Crippen molar-refractivity contribution in [3.05, 3.63) is 100 Å². The fraction of sp³-hybridized carbons (Fsp3) is 0.0500. The molecule has 27 heavy (non-hydrogen) atoms. The molecule has 1 unspecified atom stereocenters. The first kappa shape index (κ1) is 16.6. The highest BCUT2D eigenvalue weighted by atomic mass is 16.6. The van der Waals surface area contributed by atoms with Gasteiger partial charge in [-0.15, -0.1) is 0 Å². The molecule has 3 aromatic carbocycles. The number of anilines is 2. The molecule has 7 heteroatoms. The van der Waals surface area contributed by atoms with E-state index in [9.17, 15) is 14.9 Å². The topological polar surface area (TPSA) is 87.5 Å². The lowest BCUT2D eigenvalue weighted by atomic mass is 10.0. The summed E-state index contributed by atoms with van der Waals surface area (Å²) in [6.45, 7) is 0. The predicted octanol–water partition coefficient (Wildman–Crippen LogP) is 4.19. The zero-order valence-electron chi connectivity index (χ0n) is 14.2. The minimum absolute atomic E-state index is 0.0275. The minimum atomic E-state index is -0.604. The Labute approximate surface area is 155 Å². The summed E-state index contributed by atoms with van der Waals surface area (Å²) in [5.41, 5.74) is 5.65. The van der Waals surface area contributed by atoms with E-state index in [2.05, 4.69) is 10.7 Å². The van der Waals surface area contributed by atoms with Crippen LogP contribution in [0.4, 0.5) is 17.1 Å². The summed E-state index contributed by atoms with van der Waals surface area (Å²) in [5, 5.41) is 15.9. The molecule has 0 fully saturated rings. The van der Waals surface area contributed by atoms with Crippen LogP contribution >= 0.6 is 0 Å². The molecular weight excluding hydrogens is 344 g/mol. The second-order valence-corrected chi connectivity index (χ2v) is 6.10. The summed E-state index contributed by atoms with van der Waals surface area (Å²) in [5.74, 6) is -0.218. The van der Waals surface area contributed by atoms with Gasteiger partial charge >= 0.3 is 0 Å². The van der Waals surface area contributed by atoms with Gasteiger partial charge < -0.3 is 5.32 Å². The van der Waals surface area contributed by atoms with Gasteiger partial charge in [-0.1, -0.05) is 42.5 Å². The van der Waals surface area contributed by atoms with Crippen LogP contribution in [0.5, 0.6) is 0 Å². The Morgan fingerprint density at radius 3 is 2.48 bits per heavy atom. The number of nitro benzene ring substituents is 1. The lowest BCUT2D eigenvalue weighted by molar-refractivity contribution is -0.384. The average molecular weight is 360 g/mol. The van der Waals surface area contributed by atoms with E-state index in [0.29, 0.717) is 16.8 Å². The second-order valence-electron chi connectivity index (χ2n) is 6.10. The number of nitrogens with zero attached hydrogens (tertiary/aromatic N) is 2. The molecule has 0 aromatic heterocycles. The number of rotatable bonds is 4. The first-order valence-electron chi connectivity index (χ1n) is 8.39. The number of hydrazine groups is 1. The lowest BCUT2D eigenvalue weighted by Gasteiger charge is -2.38. The first-order chi connectivity index (χ1) is 13.1. The number of hydrogen-bond donors (Lipinski definition) is 2. The highest BCUT2D eigenvalue weighted by molar-refractivity contribution is 6.02. The molecule has 0 aliphatic carbocycles. The number of benzene rings is 3. The molecule has 1 aliphatic rings. The highest BCUT2D eigenvalue weighted by Crippen LogP contribution is 2.34. The quantitative estimate of drug-likeness (QED) is 0.538. The maximum absolute atomic E-state index is 13.1. The van der Waals surface area contributed by atoms with Crippen molar-refractivity contribution in [2.24, 2.45) is 0 Å². The van der Waals surface area contributed by atoms with E-state index in [1.165, 1.54) is 17.1 Å².